The Labute approximate surface area is 133 Å². The van der Waals surface area contributed by atoms with Crippen LogP contribution in [0.3, 0.4) is 0 Å². The Morgan fingerprint density at radius 1 is 1.48 bits per heavy atom. The number of anilines is 1. The normalized spacial score (nSPS) is 18.5. The smallest absolute Gasteiger partial charge is 0.321 e. The fourth-order valence-electron chi connectivity index (χ4n) is 2.39. The molecule has 2 amide bonds. The van der Waals surface area contributed by atoms with Gasteiger partial charge in [-0.1, -0.05) is 23.2 Å². The molecule has 0 unspecified atom stereocenters. The van der Waals surface area contributed by atoms with Crippen LogP contribution >= 0.6 is 23.2 Å². The Kier molecular flexibility index (Phi) is 5.56. The van der Waals surface area contributed by atoms with E-state index in [1.165, 1.54) is 7.11 Å². The maximum atomic E-state index is 12.3. The summed E-state index contributed by atoms with van der Waals surface area (Å²) < 4.78 is 5.20. The highest BCUT2D eigenvalue weighted by molar-refractivity contribution is 6.42. The van der Waals surface area contributed by atoms with Crippen molar-refractivity contribution in [2.75, 3.05) is 32.1 Å². The number of hydrogen-bond acceptors (Lipinski definition) is 3. The van der Waals surface area contributed by atoms with Crippen LogP contribution in [0.4, 0.5) is 10.5 Å². The number of aliphatic hydroxyl groups is 1. The fraction of sp³-hybridized carbons (Fsp3) is 0.500. The summed E-state index contributed by atoms with van der Waals surface area (Å²) >= 11 is 11.9. The van der Waals surface area contributed by atoms with Gasteiger partial charge in [-0.2, -0.15) is 0 Å². The summed E-state index contributed by atoms with van der Waals surface area (Å²) in [5.74, 6) is 0.591. The summed E-state index contributed by atoms with van der Waals surface area (Å²) in [5, 5.41) is 12.7. The number of methoxy groups -OCH3 is 1. The van der Waals surface area contributed by atoms with Gasteiger partial charge in [0, 0.05) is 25.8 Å². The molecule has 1 saturated heterocycles. The van der Waals surface area contributed by atoms with Crippen LogP contribution < -0.4 is 10.1 Å². The second-order valence-corrected chi connectivity index (χ2v) is 5.85. The van der Waals surface area contributed by atoms with Gasteiger partial charge in [-0.05, 0) is 24.8 Å². The number of amides is 2. The number of benzene rings is 1. The molecule has 1 heterocycles. The molecule has 0 radical (unpaired) electrons. The van der Waals surface area contributed by atoms with E-state index in [0.29, 0.717) is 34.6 Å². The minimum absolute atomic E-state index is 0.0971. The van der Waals surface area contributed by atoms with E-state index >= 15 is 0 Å². The minimum Gasteiger partial charge on any atom is -0.495 e. The average molecular weight is 333 g/mol. The van der Waals surface area contributed by atoms with E-state index in [1.807, 2.05) is 0 Å². The minimum atomic E-state index is -0.232. The molecule has 0 saturated carbocycles. The van der Waals surface area contributed by atoms with Crippen molar-refractivity contribution in [1.29, 1.82) is 0 Å². The molecule has 21 heavy (non-hydrogen) atoms. The van der Waals surface area contributed by atoms with E-state index in [4.69, 9.17) is 27.9 Å². The van der Waals surface area contributed by atoms with Gasteiger partial charge in [-0.15, -0.1) is 0 Å². The van der Waals surface area contributed by atoms with E-state index in [1.54, 1.807) is 17.0 Å². The Balaban J connectivity index is 2.10. The van der Waals surface area contributed by atoms with Gasteiger partial charge in [0.25, 0.3) is 0 Å². The highest BCUT2D eigenvalue weighted by Crippen LogP contribution is 2.34. The van der Waals surface area contributed by atoms with Crippen molar-refractivity contribution in [2.24, 2.45) is 5.92 Å². The zero-order chi connectivity index (χ0) is 15.4. The number of ether oxygens (including phenoxy) is 1. The van der Waals surface area contributed by atoms with Crippen molar-refractivity contribution in [1.82, 2.24) is 4.90 Å². The second kappa shape index (κ2) is 7.20. The molecular formula is C14H18Cl2N2O3. The monoisotopic (exact) mass is 332 g/mol. The van der Waals surface area contributed by atoms with Crippen molar-refractivity contribution in [3.8, 4) is 5.75 Å². The molecule has 0 aromatic heterocycles. The Morgan fingerprint density at radius 2 is 2.19 bits per heavy atom. The first-order valence-electron chi connectivity index (χ1n) is 6.75. The van der Waals surface area contributed by atoms with E-state index in [2.05, 4.69) is 5.32 Å². The molecule has 1 atom stereocenters. The number of carbonyl (C=O) groups excluding carboxylic acids is 1. The van der Waals surface area contributed by atoms with Crippen LogP contribution in [0.5, 0.6) is 5.75 Å². The highest BCUT2D eigenvalue weighted by Gasteiger charge is 2.24. The molecule has 2 N–H and O–H groups in total. The van der Waals surface area contributed by atoms with Crippen LogP contribution in [0.2, 0.25) is 10.0 Å². The number of hydrogen-bond donors (Lipinski definition) is 2. The predicted octanol–water partition coefficient (Wildman–Crippen LogP) is 3.24. The molecule has 5 nitrogen and oxygen atoms in total. The molecule has 7 heteroatoms. The van der Waals surface area contributed by atoms with Gasteiger partial charge >= 0.3 is 6.03 Å². The Hall–Kier alpha value is -1.17. The topological polar surface area (TPSA) is 61.8 Å². The number of aliphatic hydroxyl groups excluding tert-OH is 1. The van der Waals surface area contributed by atoms with Crippen LogP contribution in [0.25, 0.3) is 0 Å². The van der Waals surface area contributed by atoms with Crippen LogP contribution in [-0.4, -0.2) is 42.8 Å². The molecule has 0 aliphatic carbocycles. The lowest BCUT2D eigenvalue weighted by Crippen LogP contribution is -2.43. The lowest BCUT2D eigenvalue weighted by molar-refractivity contribution is 0.136. The summed E-state index contributed by atoms with van der Waals surface area (Å²) in [7, 11) is 1.50. The van der Waals surface area contributed by atoms with Gasteiger partial charge in [0.2, 0.25) is 0 Å². The first-order chi connectivity index (χ1) is 10.0. The maximum Gasteiger partial charge on any atom is 0.321 e. The SMILES string of the molecule is COc1cc(Cl)c(Cl)cc1NC(=O)N1CCC[C@@H](CO)C1. The fourth-order valence-corrected chi connectivity index (χ4v) is 2.71. The highest BCUT2D eigenvalue weighted by atomic mass is 35.5. The third-order valence-corrected chi connectivity index (χ3v) is 4.27. The quantitative estimate of drug-likeness (QED) is 0.893. The van der Waals surface area contributed by atoms with Gasteiger partial charge in [-0.25, -0.2) is 4.79 Å². The molecule has 1 aliphatic heterocycles. The number of halogens is 2. The van der Waals surface area contributed by atoms with Crippen LogP contribution in [0.1, 0.15) is 12.8 Å². The lowest BCUT2D eigenvalue weighted by Gasteiger charge is -2.32. The molecule has 116 valence electrons. The Morgan fingerprint density at radius 3 is 2.86 bits per heavy atom. The van der Waals surface area contributed by atoms with Gasteiger partial charge in [0.1, 0.15) is 5.75 Å². The van der Waals surface area contributed by atoms with Crippen molar-refractivity contribution >= 4 is 34.9 Å². The summed E-state index contributed by atoms with van der Waals surface area (Å²) in [4.78, 5) is 14.0. The third-order valence-electron chi connectivity index (χ3n) is 3.55. The average Bonchev–Trinajstić information content (AvgIpc) is 2.50. The summed E-state index contributed by atoms with van der Waals surface area (Å²) in [6, 6.07) is 2.89. The zero-order valence-electron chi connectivity index (χ0n) is 11.7. The van der Waals surface area contributed by atoms with Crippen molar-refractivity contribution < 1.29 is 14.6 Å². The number of nitrogens with one attached hydrogen (secondary N) is 1. The standard InChI is InChI=1S/C14H18Cl2N2O3/c1-21-13-6-11(16)10(15)5-12(13)17-14(20)18-4-2-3-9(7-18)8-19/h5-6,9,19H,2-4,7-8H2,1H3,(H,17,20)/t9-/m1/s1. The Bertz CT molecular complexity index is 525. The van der Waals surface area contributed by atoms with Crippen molar-refractivity contribution in [3.63, 3.8) is 0 Å². The maximum absolute atomic E-state index is 12.3. The molecular weight excluding hydrogens is 315 g/mol. The predicted molar refractivity (Wildman–Crippen MR) is 83.4 cm³/mol. The molecule has 1 aliphatic rings. The summed E-state index contributed by atoms with van der Waals surface area (Å²) in [6.07, 6.45) is 1.83. The molecule has 0 bridgehead atoms. The first-order valence-corrected chi connectivity index (χ1v) is 7.50. The van der Waals surface area contributed by atoms with Gasteiger partial charge < -0.3 is 20.1 Å². The van der Waals surface area contributed by atoms with E-state index in [9.17, 15) is 9.90 Å². The van der Waals surface area contributed by atoms with Crippen LogP contribution in [0.15, 0.2) is 12.1 Å². The van der Waals surface area contributed by atoms with E-state index in [0.717, 1.165) is 12.8 Å². The van der Waals surface area contributed by atoms with E-state index < -0.39 is 0 Å². The number of nitrogens with zero attached hydrogens (tertiary/aromatic N) is 1. The second-order valence-electron chi connectivity index (χ2n) is 5.03. The van der Waals surface area contributed by atoms with Gasteiger partial charge in [0.15, 0.2) is 0 Å². The molecule has 1 aromatic rings. The summed E-state index contributed by atoms with van der Waals surface area (Å²) in [6.45, 7) is 1.32. The van der Waals surface area contributed by atoms with E-state index in [-0.39, 0.29) is 18.6 Å². The van der Waals surface area contributed by atoms with Crippen molar-refractivity contribution in [3.05, 3.63) is 22.2 Å². The summed E-state index contributed by atoms with van der Waals surface area (Å²) in [5.41, 5.74) is 0.475. The number of likely N-dealkylation sites (tertiary alicyclic amines) is 1. The molecule has 2 rings (SSSR count). The molecule has 1 aromatic carbocycles. The third kappa shape index (κ3) is 3.93. The lowest BCUT2D eigenvalue weighted by atomic mass is 9.99. The largest absolute Gasteiger partial charge is 0.495 e. The zero-order valence-corrected chi connectivity index (χ0v) is 13.2. The number of urea groups is 1. The number of piperidine rings is 1. The van der Waals surface area contributed by atoms with Crippen LogP contribution in [0, 0.1) is 5.92 Å². The van der Waals surface area contributed by atoms with Gasteiger partial charge in [0.05, 0.1) is 22.8 Å². The van der Waals surface area contributed by atoms with Crippen LogP contribution in [-0.2, 0) is 0 Å². The number of rotatable bonds is 3. The molecule has 0 spiro atoms. The van der Waals surface area contributed by atoms with Gasteiger partial charge in [-0.3, -0.25) is 0 Å². The molecule has 1 fully saturated rings. The first kappa shape index (κ1) is 16.2. The number of carbonyl (C=O) groups is 1. The van der Waals surface area contributed by atoms with Crippen molar-refractivity contribution in [2.45, 2.75) is 12.8 Å².